The highest BCUT2D eigenvalue weighted by molar-refractivity contribution is 7.16. The normalized spacial score (nSPS) is 15.4. The molecule has 1 saturated heterocycles. The molecule has 4 nitrogen and oxygen atoms in total. The van der Waals surface area contributed by atoms with E-state index in [0.29, 0.717) is 6.42 Å². The van der Waals surface area contributed by atoms with E-state index in [4.69, 9.17) is 11.6 Å². The van der Waals surface area contributed by atoms with Crippen LogP contribution in [-0.2, 0) is 11.3 Å². The van der Waals surface area contributed by atoms with Gasteiger partial charge in [0.2, 0.25) is 5.91 Å². The number of benzene rings is 1. The molecule has 0 radical (unpaired) electrons. The van der Waals surface area contributed by atoms with Crippen LogP contribution < -0.4 is 15.5 Å². The molecule has 2 heterocycles. The van der Waals surface area contributed by atoms with E-state index in [1.54, 1.807) is 11.3 Å². The molecule has 1 unspecified atom stereocenters. The van der Waals surface area contributed by atoms with Gasteiger partial charge in [0.15, 0.2) is 0 Å². The molecule has 0 saturated carbocycles. The molecule has 1 aromatic heterocycles. The standard InChI is InChI=1S/C19H24ClN3OS/c1-14(21-13-17-7-8-18(20)25-17)11-19(24)22-15-5-4-6-16(12-15)23-9-2-3-10-23/h4-8,12,14,21H,2-3,9-11,13H2,1H3,(H,22,24). The van der Waals surface area contributed by atoms with Crippen LogP contribution in [0.2, 0.25) is 4.34 Å². The Morgan fingerprint density at radius 1 is 1.28 bits per heavy atom. The van der Waals surface area contributed by atoms with Crippen molar-refractivity contribution in [2.75, 3.05) is 23.3 Å². The van der Waals surface area contributed by atoms with Crippen molar-refractivity contribution in [1.82, 2.24) is 5.32 Å². The minimum Gasteiger partial charge on any atom is -0.371 e. The molecule has 1 aliphatic rings. The van der Waals surface area contributed by atoms with Crippen LogP contribution in [0.1, 0.15) is 31.1 Å². The molecule has 2 aromatic rings. The predicted octanol–water partition coefficient (Wildman–Crippen LogP) is 4.51. The van der Waals surface area contributed by atoms with Crippen LogP contribution in [0.25, 0.3) is 0 Å². The van der Waals surface area contributed by atoms with Gasteiger partial charge in [-0.1, -0.05) is 17.7 Å². The summed E-state index contributed by atoms with van der Waals surface area (Å²) in [6, 6.07) is 12.1. The number of rotatable bonds is 7. The second-order valence-electron chi connectivity index (χ2n) is 6.48. The topological polar surface area (TPSA) is 44.4 Å². The largest absolute Gasteiger partial charge is 0.371 e. The van der Waals surface area contributed by atoms with Gasteiger partial charge < -0.3 is 15.5 Å². The number of carbonyl (C=O) groups is 1. The fraction of sp³-hybridized carbons (Fsp3) is 0.421. The van der Waals surface area contributed by atoms with Crippen LogP contribution in [0.3, 0.4) is 0 Å². The Bertz CT molecular complexity index is 712. The minimum absolute atomic E-state index is 0.0304. The third kappa shape index (κ3) is 5.46. The van der Waals surface area contributed by atoms with Crippen molar-refractivity contribution in [3.8, 4) is 0 Å². The van der Waals surface area contributed by atoms with E-state index in [-0.39, 0.29) is 11.9 Å². The average Bonchev–Trinajstić information content (AvgIpc) is 3.24. The number of hydrogen-bond acceptors (Lipinski definition) is 4. The SMILES string of the molecule is CC(CC(=O)Nc1cccc(N2CCCC2)c1)NCc1ccc(Cl)s1. The second-order valence-corrected chi connectivity index (χ2v) is 8.28. The van der Waals surface area contributed by atoms with Gasteiger partial charge in [-0.15, -0.1) is 11.3 Å². The fourth-order valence-electron chi connectivity index (χ4n) is 3.04. The zero-order valence-corrected chi connectivity index (χ0v) is 16.0. The number of halogens is 1. The van der Waals surface area contributed by atoms with Crippen LogP contribution >= 0.6 is 22.9 Å². The molecule has 2 N–H and O–H groups in total. The van der Waals surface area contributed by atoms with Crippen molar-refractivity contribution in [1.29, 1.82) is 0 Å². The number of thiophene rings is 1. The predicted molar refractivity (Wildman–Crippen MR) is 107 cm³/mol. The van der Waals surface area contributed by atoms with Crippen molar-refractivity contribution in [3.05, 3.63) is 45.6 Å². The van der Waals surface area contributed by atoms with Gasteiger partial charge in [0.05, 0.1) is 4.34 Å². The van der Waals surface area contributed by atoms with Crippen LogP contribution in [0, 0.1) is 0 Å². The van der Waals surface area contributed by atoms with Gasteiger partial charge in [-0.2, -0.15) is 0 Å². The Morgan fingerprint density at radius 2 is 2.08 bits per heavy atom. The van der Waals surface area contributed by atoms with Gasteiger partial charge in [-0.3, -0.25) is 4.79 Å². The summed E-state index contributed by atoms with van der Waals surface area (Å²) in [5, 5.41) is 6.38. The molecule has 0 aliphatic carbocycles. The Labute approximate surface area is 158 Å². The molecule has 0 spiro atoms. The molecule has 6 heteroatoms. The van der Waals surface area contributed by atoms with Gasteiger partial charge in [0.25, 0.3) is 0 Å². The van der Waals surface area contributed by atoms with E-state index in [1.165, 1.54) is 23.4 Å². The molecule has 1 fully saturated rings. The number of anilines is 2. The zero-order valence-electron chi connectivity index (χ0n) is 14.4. The van der Waals surface area contributed by atoms with E-state index >= 15 is 0 Å². The lowest BCUT2D eigenvalue weighted by atomic mass is 10.2. The molecule has 25 heavy (non-hydrogen) atoms. The number of amides is 1. The van der Waals surface area contributed by atoms with Crippen LogP contribution in [-0.4, -0.2) is 25.0 Å². The summed E-state index contributed by atoms with van der Waals surface area (Å²) in [7, 11) is 0. The summed E-state index contributed by atoms with van der Waals surface area (Å²) < 4.78 is 0.792. The Balaban J connectivity index is 1.47. The highest BCUT2D eigenvalue weighted by Crippen LogP contribution is 2.23. The molecular formula is C19H24ClN3OS. The van der Waals surface area contributed by atoms with Crippen molar-refractivity contribution >= 4 is 40.2 Å². The monoisotopic (exact) mass is 377 g/mol. The van der Waals surface area contributed by atoms with E-state index in [2.05, 4.69) is 27.7 Å². The number of carbonyl (C=O) groups excluding carboxylic acids is 1. The third-order valence-corrected chi connectivity index (χ3v) is 5.58. The smallest absolute Gasteiger partial charge is 0.225 e. The first-order chi connectivity index (χ1) is 12.1. The molecule has 134 valence electrons. The third-order valence-electron chi connectivity index (χ3n) is 4.35. The molecule has 1 amide bonds. The first-order valence-corrected chi connectivity index (χ1v) is 9.92. The van der Waals surface area contributed by atoms with Crippen LogP contribution in [0.15, 0.2) is 36.4 Å². The van der Waals surface area contributed by atoms with Crippen molar-refractivity contribution in [2.45, 2.75) is 38.8 Å². The van der Waals surface area contributed by atoms with Crippen LogP contribution in [0.5, 0.6) is 0 Å². The number of hydrogen-bond donors (Lipinski definition) is 2. The fourth-order valence-corrected chi connectivity index (χ4v) is 4.08. The first-order valence-electron chi connectivity index (χ1n) is 8.72. The van der Waals surface area contributed by atoms with E-state index < -0.39 is 0 Å². The quantitative estimate of drug-likeness (QED) is 0.746. The maximum Gasteiger partial charge on any atom is 0.225 e. The molecule has 1 aliphatic heterocycles. The summed E-state index contributed by atoms with van der Waals surface area (Å²) in [6.45, 7) is 4.96. The number of nitrogens with one attached hydrogen (secondary N) is 2. The lowest BCUT2D eigenvalue weighted by molar-refractivity contribution is -0.116. The highest BCUT2D eigenvalue weighted by Gasteiger charge is 2.14. The Hall–Kier alpha value is -1.56. The van der Waals surface area contributed by atoms with Crippen molar-refractivity contribution in [2.24, 2.45) is 0 Å². The summed E-state index contributed by atoms with van der Waals surface area (Å²) in [5.74, 6) is 0.0304. The summed E-state index contributed by atoms with van der Waals surface area (Å²) >= 11 is 7.50. The number of nitrogens with zero attached hydrogens (tertiary/aromatic N) is 1. The van der Waals surface area contributed by atoms with Crippen LogP contribution in [0.4, 0.5) is 11.4 Å². The maximum atomic E-state index is 12.3. The molecular weight excluding hydrogens is 354 g/mol. The van der Waals surface area contributed by atoms with Gasteiger partial charge in [-0.25, -0.2) is 0 Å². The van der Waals surface area contributed by atoms with Crippen molar-refractivity contribution in [3.63, 3.8) is 0 Å². The van der Waals surface area contributed by atoms with E-state index in [0.717, 1.165) is 29.7 Å². The Kier molecular flexibility index (Phi) is 6.34. The van der Waals surface area contributed by atoms with Gasteiger partial charge in [0.1, 0.15) is 0 Å². The second kappa shape index (κ2) is 8.70. The van der Waals surface area contributed by atoms with Crippen molar-refractivity contribution < 1.29 is 4.79 Å². The molecule has 1 atom stereocenters. The Morgan fingerprint density at radius 3 is 2.80 bits per heavy atom. The van der Waals surface area contributed by atoms with E-state index in [9.17, 15) is 4.79 Å². The molecule has 0 bridgehead atoms. The zero-order chi connectivity index (χ0) is 17.6. The van der Waals surface area contributed by atoms with Gasteiger partial charge >= 0.3 is 0 Å². The minimum atomic E-state index is 0.0304. The van der Waals surface area contributed by atoms with E-state index in [1.807, 2.05) is 31.2 Å². The summed E-state index contributed by atoms with van der Waals surface area (Å²) in [5.41, 5.74) is 2.06. The average molecular weight is 378 g/mol. The summed E-state index contributed by atoms with van der Waals surface area (Å²) in [6.07, 6.45) is 2.93. The molecule has 1 aromatic carbocycles. The first kappa shape index (κ1) is 18.2. The maximum absolute atomic E-state index is 12.3. The molecule has 3 rings (SSSR count). The highest BCUT2D eigenvalue weighted by atomic mass is 35.5. The van der Waals surface area contributed by atoms with Gasteiger partial charge in [-0.05, 0) is 50.1 Å². The summed E-state index contributed by atoms with van der Waals surface area (Å²) in [4.78, 5) is 15.8. The lowest BCUT2D eigenvalue weighted by Crippen LogP contribution is -2.30. The van der Waals surface area contributed by atoms with Gasteiger partial charge in [0, 0.05) is 48.3 Å². The lowest BCUT2D eigenvalue weighted by Gasteiger charge is -2.19.